The van der Waals surface area contributed by atoms with Gasteiger partial charge in [-0.2, -0.15) is 10.1 Å². The van der Waals surface area contributed by atoms with E-state index in [1.807, 2.05) is 31.2 Å². The van der Waals surface area contributed by atoms with Gasteiger partial charge in [0.05, 0.1) is 12.8 Å². The molecular formula is C24H25ClN6O4. The molecular weight excluding hydrogens is 472 g/mol. The summed E-state index contributed by atoms with van der Waals surface area (Å²) in [6, 6.07) is 14.5. The molecule has 0 unspecified atom stereocenters. The molecule has 0 spiro atoms. The number of nitrogens with zero attached hydrogens (tertiary/aromatic N) is 5. The zero-order chi connectivity index (χ0) is 25.1. The Labute approximate surface area is 205 Å². The van der Waals surface area contributed by atoms with Crippen molar-refractivity contribution in [3.63, 3.8) is 0 Å². The lowest BCUT2D eigenvalue weighted by molar-refractivity contribution is 0.0935. The van der Waals surface area contributed by atoms with Gasteiger partial charge in [0.15, 0.2) is 11.2 Å². The van der Waals surface area contributed by atoms with Crippen LogP contribution in [0.5, 0.6) is 5.75 Å². The maximum atomic E-state index is 13.0. The average molecular weight is 497 g/mol. The Morgan fingerprint density at radius 3 is 2.57 bits per heavy atom. The number of fused-ring (bicyclic) bond motifs is 1. The fraction of sp³-hybridized carbons (Fsp3) is 0.250. The SMILES string of the molecule is Cc1ccccc1OC[C@H](O)Cn1c(N/N=C/c2ccc(Cl)cc2)nc2c1c(=O)n(C)c(=O)n2C. The van der Waals surface area contributed by atoms with Crippen LogP contribution in [0.2, 0.25) is 5.02 Å². The van der Waals surface area contributed by atoms with Crippen molar-refractivity contribution in [3.05, 3.63) is 85.5 Å². The number of imidazole rings is 1. The van der Waals surface area contributed by atoms with Gasteiger partial charge in [0.25, 0.3) is 5.56 Å². The van der Waals surface area contributed by atoms with Crippen LogP contribution in [0, 0.1) is 6.92 Å². The van der Waals surface area contributed by atoms with Crippen molar-refractivity contribution < 1.29 is 9.84 Å². The van der Waals surface area contributed by atoms with Gasteiger partial charge < -0.3 is 14.4 Å². The van der Waals surface area contributed by atoms with Gasteiger partial charge in [0, 0.05) is 19.1 Å². The molecule has 2 aromatic heterocycles. The number of hydrazone groups is 1. The van der Waals surface area contributed by atoms with Crippen LogP contribution < -0.4 is 21.4 Å². The predicted molar refractivity (Wildman–Crippen MR) is 136 cm³/mol. The summed E-state index contributed by atoms with van der Waals surface area (Å²) < 4.78 is 9.54. The number of aliphatic hydroxyl groups excluding tert-OH is 1. The van der Waals surface area contributed by atoms with Crippen molar-refractivity contribution in [2.45, 2.75) is 19.6 Å². The lowest BCUT2D eigenvalue weighted by Gasteiger charge is -2.16. The molecule has 0 amide bonds. The third kappa shape index (κ3) is 5.13. The Balaban J connectivity index is 1.66. The highest BCUT2D eigenvalue weighted by molar-refractivity contribution is 6.30. The minimum absolute atomic E-state index is 0.00983. The van der Waals surface area contributed by atoms with Crippen LogP contribution in [0.3, 0.4) is 0 Å². The van der Waals surface area contributed by atoms with Crippen LogP contribution in [0.4, 0.5) is 5.95 Å². The number of nitrogens with one attached hydrogen (secondary N) is 1. The molecule has 4 aromatic rings. The molecule has 35 heavy (non-hydrogen) atoms. The quantitative estimate of drug-likeness (QED) is 0.285. The molecule has 0 bridgehead atoms. The fourth-order valence-corrected chi connectivity index (χ4v) is 3.72. The minimum atomic E-state index is -0.977. The van der Waals surface area contributed by atoms with E-state index < -0.39 is 17.4 Å². The summed E-state index contributed by atoms with van der Waals surface area (Å²) >= 11 is 5.92. The summed E-state index contributed by atoms with van der Waals surface area (Å²) in [4.78, 5) is 29.8. The number of anilines is 1. The number of hydrogen-bond donors (Lipinski definition) is 2. The molecule has 0 aliphatic carbocycles. The first-order chi connectivity index (χ1) is 16.8. The molecule has 2 aromatic carbocycles. The van der Waals surface area contributed by atoms with E-state index in [1.165, 1.54) is 23.2 Å². The van der Waals surface area contributed by atoms with Crippen molar-refractivity contribution >= 4 is 34.9 Å². The van der Waals surface area contributed by atoms with Crippen molar-refractivity contribution in [1.29, 1.82) is 0 Å². The van der Waals surface area contributed by atoms with Crippen LogP contribution in [-0.2, 0) is 20.6 Å². The van der Waals surface area contributed by atoms with Gasteiger partial charge in [0.1, 0.15) is 18.5 Å². The highest BCUT2D eigenvalue weighted by Crippen LogP contribution is 2.19. The molecule has 182 valence electrons. The Hall–Kier alpha value is -3.89. The molecule has 0 saturated heterocycles. The zero-order valence-corrected chi connectivity index (χ0v) is 20.2. The summed E-state index contributed by atoms with van der Waals surface area (Å²) in [6.07, 6.45) is 0.587. The molecule has 11 heteroatoms. The van der Waals surface area contributed by atoms with Gasteiger partial charge in [0.2, 0.25) is 5.95 Å². The normalized spacial score (nSPS) is 12.4. The topological polar surface area (TPSA) is 116 Å². The largest absolute Gasteiger partial charge is 0.491 e. The first kappa shape index (κ1) is 24.2. The number of para-hydroxylation sites is 1. The molecule has 1 atom stereocenters. The van der Waals surface area contributed by atoms with E-state index in [2.05, 4.69) is 15.5 Å². The summed E-state index contributed by atoms with van der Waals surface area (Å²) in [7, 11) is 2.92. The Kier molecular flexibility index (Phi) is 7.04. The van der Waals surface area contributed by atoms with E-state index in [0.29, 0.717) is 10.8 Å². The average Bonchev–Trinajstić information content (AvgIpc) is 3.20. The number of aliphatic hydroxyl groups is 1. The highest BCUT2D eigenvalue weighted by atomic mass is 35.5. The smallest absolute Gasteiger partial charge is 0.332 e. The number of benzene rings is 2. The summed E-state index contributed by atoms with van der Waals surface area (Å²) in [5.41, 5.74) is 3.85. The Morgan fingerprint density at radius 2 is 1.86 bits per heavy atom. The van der Waals surface area contributed by atoms with Gasteiger partial charge in [-0.15, -0.1) is 0 Å². The molecule has 0 aliphatic heterocycles. The van der Waals surface area contributed by atoms with Crippen molar-refractivity contribution in [2.75, 3.05) is 12.0 Å². The van der Waals surface area contributed by atoms with Gasteiger partial charge in [-0.25, -0.2) is 10.2 Å². The molecule has 0 fully saturated rings. The summed E-state index contributed by atoms with van der Waals surface area (Å²) in [5.74, 6) is 0.852. The van der Waals surface area contributed by atoms with Crippen molar-refractivity contribution in [1.82, 2.24) is 18.7 Å². The first-order valence-corrected chi connectivity index (χ1v) is 11.2. The van der Waals surface area contributed by atoms with Gasteiger partial charge in [-0.05, 0) is 36.2 Å². The second-order valence-electron chi connectivity index (χ2n) is 8.08. The number of aromatic nitrogens is 4. The van der Waals surface area contributed by atoms with Crippen molar-refractivity contribution in [3.8, 4) is 5.75 Å². The standard InChI is InChI=1S/C24H25ClN6O4/c1-15-6-4-5-7-19(15)35-14-18(32)13-31-20-21(29(2)24(34)30(3)22(20)33)27-23(31)28-26-12-16-8-10-17(25)11-9-16/h4-12,18,32H,13-14H2,1-3H3,(H,27,28)/b26-12+/t18-/m1/s1. The van der Waals surface area contributed by atoms with Crippen LogP contribution in [0.15, 0.2) is 63.2 Å². The number of rotatable bonds is 8. The fourth-order valence-electron chi connectivity index (χ4n) is 3.59. The molecule has 2 N–H and O–H groups in total. The number of aryl methyl sites for hydroxylation is 2. The van der Waals surface area contributed by atoms with E-state index in [9.17, 15) is 14.7 Å². The van der Waals surface area contributed by atoms with E-state index in [4.69, 9.17) is 16.3 Å². The molecule has 0 radical (unpaired) electrons. The number of halogens is 1. The number of ether oxygens (including phenoxy) is 1. The zero-order valence-electron chi connectivity index (χ0n) is 19.5. The minimum Gasteiger partial charge on any atom is -0.491 e. The molecule has 10 nitrogen and oxygen atoms in total. The van der Waals surface area contributed by atoms with E-state index in [0.717, 1.165) is 15.7 Å². The lowest BCUT2D eigenvalue weighted by Crippen LogP contribution is -2.38. The molecule has 0 aliphatic rings. The first-order valence-electron chi connectivity index (χ1n) is 10.8. The third-order valence-corrected chi connectivity index (χ3v) is 5.77. The second kappa shape index (κ2) is 10.2. The third-order valence-electron chi connectivity index (χ3n) is 5.51. The van der Waals surface area contributed by atoms with Crippen LogP contribution in [-0.4, -0.2) is 42.7 Å². The van der Waals surface area contributed by atoms with E-state index in [-0.39, 0.29) is 30.3 Å². The van der Waals surface area contributed by atoms with Crippen molar-refractivity contribution in [2.24, 2.45) is 19.2 Å². The molecule has 4 rings (SSSR count). The van der Waals surface area contributed by atoms with Gasteiger partial charge >= 0.3 is 5.69 Å². The van der Waals surface area contributed by atoms with Crippen LogP contribution >= 0.6 is 11.6 Å². The molecule has 0 saturated carbocycles. The monoisotopic (exact) mass is 496 g/mol. The van der Waals surface area contributed by atoms with E-state index >= 15 is 0 Å². The summed E-state index contributed by atoms with van der Waals surface area (Å²) in [5, 5.41) is 15.6. The van der Waals surface area contributed by atoms with E-state index in [1.54, 1.807) is 30.5 Å². The Bertz CT molecular complexity index is 1500. The Morgan fingerprint density at radius 1 is 1.14 bits per heavy atom. The maximum absolute atomic E-state index is 13.0. The summed E-state index contributed by atoms with van der Waals surface area (Å²) in [6.45, 7) is 1.88. The van der Waals surface area contributed by atoms with Crippen LogP contribution in [0.1, 0.15) is 11.1 Å². The highest BCUT2D eigenvalue weighted by Gasteiger charge is 2.21. The van der Waals surface area contributed by atoms with Gasteiger partial charge in [-0.1, -0.05) is 41.9 Å². The maximum Gasteiger partial charge on any atom is 0.332 e. The number of hydrogen-bond acceptors (Lipinski definition) is 7. The molecule has 2 heterocycles. The van der Waals surface area contributed by atoms with Crippen LogP contribution in [0.25, 0.3) is 11.2 Å². The van der Waals surface area contributed by atoms with Gasteiger partial charge in [-0.3, -0.25) is 13.9 Å². The second-order valence-corrected chi connectivity index (χ2v) is 8.51. The predicted octanol–water partition coefficient (Wildman–Crippen LogP) is 2.28. The lowest BCUT2D eigenvalue weighted by atomic mass is 10.2.